The zero-order valence-electron chi connectivity index (χ0n) is 8.19. The van der Waals surface area contributed by atoms with Crippen molar-refractivity contribution in [3.8, 4) is 0 Å². The summed E-state index contributed by atoms with van der Waals surface area (Å²) in [6.07, 6.45) is 4.57. The van der Waals surface area contributed by atoms with Crippen LogP contribution in [0.25, 0.3) is 6.08 Å². The standard InChI is InChI=1S/C12H8Br2O2/c13-11(15)8-10(12(14)16)7-6-9-4-2-1-3-5-9/h1-8H/b7-6+,10-8-. The van der Waals surface area contributed by atoms with Crippen molar-refractivity contribution < 1.29 is 9.59 Å². The normalized spacial score (nSPS) is 11.8. The molecule has 0 bridgehead atoms. The first-order valence-electron chi connectivity index (χ1n) is 4.43. The van der Waals surface area contributed by atoms with Crippen molar-refractivity contribution in [3.63, 3.8) is 0 Å². The highest BCUT2D eigenvalue weighted by Crippen LogP contribution is 2.10. The van der Waals surface area contributed by atoms with Crippen LogP contribution in [0.2, 0.25) is 0 Å². The minimum absolute atomic E-state index is 0.297. The van der Waals surface area contributed by atoms with Crippen LogP contribution in [0.15, 0.2) is 48.1 Å². The molecular formula is C12H8Br2O2. The maximum absolute atomic E-state index is 11.1. The Morgan fingerprint density at radius 3 is 2.19 bits per heavy atom. The van der Waals surface area contributed by atoms with E-state index < -0.39 is 0 Å². The Morgan fingerprint density at radius 2 is 1.69 bits per heavy atom. The first kappa shape index (κ1) is 13.1. The molecule has 0 aliphatic carbocycles. The van der Waals surface area contributed by atoms with Crippen molar-refractivity contribution in [2.75, 3.05) is 0 Å². The summed E-state index contributed by atoms with van der Waals surface area (Å²) in [7, 11) is 0. The van der Waals surface area contributed by atoms with E-state index in [1.165, 1.54) is 6.08 Å². The van der Waals surface area contributed by atoms with Crippen molar-refractivity contribution in [1.82, 2.24) is 0 Å². The van der Waals surface area contributed by atoms with Gasteiger partial charge in [-0.15, -0.1) is 0 Å². The highest BCUT2D eigenvalue weighted by molar-refractivity contribution is 9.18. The van der Waals surface area contributed by atoms with E-state index >= 15 is 0 Å². The zero-order valence-corrected chi connectivity index (χ0v) is 11.4. The molecule has 2 nitrogen and oxygen atoms in total. The van der Waals surface area contributed by atoms with Gasteiger partial charge in [0.1, 0.15) is 0 Å². The number of benzene rings is 1. The van der Waals surface area contributed by atoms with E-state index in [2.05, 4.69) is 31.9 Å². The highest BCUT2D eigenvalue weighted by Gasteiger charge is 2.03. The lowest BCUT2D eigenvalue weighted by atomic mass is 10.1. The molecule has 0 aliphatic rings. The summed E-state index contributed by atoms with van der Waals surface area (Å²) in [6.45, 7) is 0. The molecule has 0 radical (unpaired) electrons. The minimum Gasteiger partial charge on any atom is -0.282 e. The number of allylic oxidation sites excluding steroid dienone is 3. The Kier molecular flexibility index (Phi) is 5.35. The zero-order chi connectivity index (χ0) is 12.0. The van der Waals surface area contributed by atoms with Gasteiger partial charge >= 0.3 is 0 Å². The van der Waals surface area contributed by atoms with Gasteiger partial charge in [-0.3, -0.25) is 9.59 Å². The van der Waals surface area contributed by atoms with Crippen molar-refractivity contribution in [1.29, 1.82) is 0 Å². The van der Waals surface area contributed by atoms with Crippen LogP contribution in [-0.4, -0.2) is 9.39 Å². The van der Waals surface area contributed by atoms with Gasteiger partial charge in [0, 0.05) is 11.6 Å². The van der Waals surface area contributed by atoms with E-state index in [-0.39, 0.29) is 9.39 Å². The predicted octanol–water partition coefficient (Wildman–Crippen LogP) is 3.47. The summed E-state index contributed by atoms with van der Waals surface area (Å²) in [6, 6.07) is 9.51. The Labute approximate surface area is 110 Å². The SMILES string of the molecule is O=C(Br)/C=C(/C=C/c1ccccc1)C(=O)Br. The summed E-state index contributed by atoms with van der Waals surface area (Å²) in [5, 5.41) is 0. The molecule has 1 aromatic rings. The number of hydrogen-bond donors (Lipinski definition) is 0. The summed E-state index contributed by atoms with van der Waals surface area (Å²) >= 11 is 5.56. The Bertz CT molecular complexity index is 447. The molecular weight excluding hydrogens is 336 g/mol. The van der Waals surface area contributed by atoms with Crippen molar-refractivity contribution in [2.24, 2.45) is 0 Å². The van der Waals surface area contributed by atoms with E-state index in [0.717, 1.165) is 5.56 Å². The number of carbonyl (C=O) groups excluding carboxylic acids is 2. The molecule has 0 saturated carbocycles. The van der Waals surface area contributed by atoms with Gasteiger partial charge in [0.15, 0.2) is 0 Å². The second kappa shape index (κ2) is 6.55. The monoisotopic (exact) mass is 342 g/mol. The second-order valence-corrected chi connectivity index (χ2v) is 4.42. The molecule has 0 unspecified atom stereocenters. The van der Waals surface area contributed by atoms with E-state index in [4.69, 9.17) is 0 Å². The molecule has 16 heavy (non-hydrogen) atoms. The van der Waals surface area contributed by atoms with E-state index in [1.54, 1.807) is 12.2 Å². The van der Waals surface area contributed by atoms with Crippen molar-refractivity contribution in [2.45, 2.75) is 0 Å². The van der Waals surface area contributed by atoms with Crippen LogP contribution >= 0.6 is 31.9 Å². The van der Waals surface area contributed by atoms with Gasteiger partial charge in [0.2, 0.25) is 9.39 Å². The van der Waals surface area contributed by atoms with Gasteiger partial charge in [0.05, 0.1) is 0 Å². The molecule has 0 saturated heterocycles. The second-order valence-electron chi connectivity index (χ2n) is 2.92. The van der Waals surface area contributed by atoms with Crippen LogP contribution < -0.4 is 0 Å². The van der Waals surface area contributed by atoms with Crippen molar-refractivity contribution in [3.05, 3.63) is 53.6 Å². The highest BCUT2D eigenvalue weighted by atomic mass is 79.9. The predicted molar refractivity (Wildman–Crippen MR) is 71.4 cm³/mol. The molecule has 0 spiro atoms. The lowest BCUT2D eigenvalue weighted by Gasteiger charge is -1.94. The minimum atomic E-state index is -0.340. The van der Waals surface area contributed by atoms with Crippen LogP contribution in [0.4, 0.5) is 0 Å². The molecule has 0 fully saturated rings. The number of halogens is 2. The molecule has 0 aliphatic heterocycles. The fourth-order valence-electron chi connectivity index (χ4n) is 1.04. The van der Waals surface area contributed by atoms with Crippen molar-refractivity contribution >= 4 is 47.3 Å². The maximum atomic E-state index is 11.1. The molecule has 1 rings (SSSR count). The number of carbonyl (C=O) groups is 2. The van der Waals surface area contributed by atoms with Crippen LogP contribution in [0.3, 0.4) is 0 Å². The quantitative estimate of drug-likeness (QED) is 0.476. The van der Waals surface area contributed by atoms with Crippen LogP contribution in [-0.2, 0) is 9.59 Å². The topological polar surface area (TPSA) is 34.1 Å². The molecule has 0 heterocycles. The Morgan fingerprint density at radius 1 is 1.06 bits per heavy atom. The molecule has 0 N–H and O–H groups in total. The summed E-state index contributed by atoms with van der Waals surface area (Å²) in [5.41, 5.74) is 1.26. The summed E-state index contributed by atoms with van der Waals surface area (Å²) in [4.78, 5) is 21.9. The lowest BCUT2D eigenvalue weighted by molar-refractivity contribution is -0.108. The van der Waals surface area contributed by atoms with Crippen LogP contribution in [0.5, 0.6) is 0 Å². The third-order valence-corrected chi connectivity index (χ3v) is 2.44. The van der Waals surface area contributed by atoms with E-state index in [0.29, 0.717) is 5.57 Å². The van der Waals surface area contributed by atoms with Gasteiger partial charge in [-0.2, -0.15) is 0 Å². The van der Waals surface area contributed by atoms with Gasteiger partial charge in [-0.25, -0.2) is 0 Å². The largest absolute Gasteiger partial charge is 0.282 e. The molecule has 0 aromatic heterocycles. The number of hydrogen-bond acceptors (Lipinski definition) is 2. The maximum Gasteiger partial charge on any atom is 0.228 e. The molecule has 0 amide bonds. The van der Waals surface area contributed by atoms with Crippen LogP contribution in [0.1, 0.15) is 5.56 Å². The molecule has 1 aromatic carbocycles. The average molecular weight is 344 g/mol. The summed E-state index contributed by atoms with van der Waals surface area (Å²) in [5.74, 6) is 0. The Balaban J connectivity index is 2.89. The van der Waals surface area contributed by atoms with E-state index in [9.17, 15) is 9.59 Å². The van der Waals surface area contributed by atoms with Gasteiger partial charge < -0.3 is 0 Å². The molecule has 4 heteroatoms. The lowest BCUT2D eigenvalue weighted by Crippen LogP contribution is -1.91. The third-order valence-electron chi connectivity index (χ3n) is 1.75. The molecule has 82 valence electrons. The van der Waals surface area contributed by atoms with Gasteiger partial charge in [-0.1, -0.05) is 36.4 Å². The van der Waals surface area contributed by atoms with Gasteiger partial charge in [-0.05, 0) is 43.5 Å². The summed E-state index contributed by atoms with van der Waals surface area (Å²) < 4.78 is -0.666. The Hall–Kier alpha value is -1.000. The fourth-order valence-corrected chi connectivity index (χ4v) is 1.54. The fraction of sp³-hybridized carbons (Fsp3) is 0. The smallest absolute Gasteiger partial charge is 0.228 e. The number of rotatable bonds is 4. The average Bonchev–Trinajstić information content (AvgIpc) is 2.25. The molecule has 0 atom stereocenters. The third kappa shape index (κ3) is 4.68. The first-order valence-corrected chi connectivity index (χ1v) is 6.02. The van der Waals surface area contributed by atoms with Gasteiger partial charge in [0.25, 0.3) is 0 Å². The van der Waals surface area contributed by atoms with E-state index in [1.807, 2.05) is 30.3 Å². The van der Waals surface area contributed by atoms with Crippen LogP contribution in [0, 0.1) is 0 Å². The first-order chi connectivity index (χ1) is 7.59.